The first-order valence-corrected chi connectivity index (χ1v) is 9.57. The standard InChI is InChI=1S/C19H28N4O3/c20-21-18(24)15-1-3-16(4-2-15)22-9-11-23(12-10-22)17-5-7-19(8-6-17)25-13-14-26-19/h1-4,17H,5-14,20H2,(H,21,24). The van der Waals surface area contributed by atoms with Gasteiger partial charge in [-0.25, -0.2) is 5.84 Å². The largest absolute Gasteiger partial charge is 0.369 e. The van der Waals surface area contributed by atoms with Crippen LogP contribution in [0.2, 0.25) is 0 Å². The number of hydrogen-bond acceptors (Lipinski definition) is 6. The molecule has 7 heteroatoms. The minimum absolute atomic E-state index is 0.258. The maximum atomic E-state index is 11.5. The van der Waals surface area contributed by atoms with E-state index in [1.165, 1.54) is 0 Å². The highest BCUT2D eigenvalue weighted by Gasteiger charge is 2.41. The minimum atomic E-state index is -0.268. The Bertz CT molecular complexity index is 612. The van der Waals surface area contributed by atoms with Gasteiger partial charge < -0.3 is 14.4 Å². The van der Waals surface area contributed by atoms with Crippen LogP contribution in [0.1, 0.15) is 36.0 Å². The Balaban J connectivity index is 1.28. The van der Waals surface area contributed by atoms with E-state index in [0.29, 0.717) is 11.6 Å². The highest BCUT2D eigenvalue weighted by atomic mass is 16.7. The van der Waals surface area contributed by atoms with Crippen LogP contribution in [-0.2, 0) is 9.47 Å². The molecule has 7 nitrogen and oxygen atoms in total. The fourth-order valence-corrected chi connectivity index (χ4v) is 4.45. The summed E-state index contributed by atoms with van der Waals surface area (Å²) in [4.78, 5) is 16.5. The summed E-state index contributed by atoms with van der Waals surface area (Å²) in [6, 6.07) is 8.29. The van der Waals surface area contributed by atoms with E-state index in [2.05, 4.69) is 15.2 Å². The van der Waals surface area contributed by atoms with Crippen molar-refractivity contribution in [2.24, 2.45) is 5.84 Å². The Morgan fingerprint density at radius 1 is 1.04 bits per heavy atom. The number of carbonyl (C=O) groups excluding carboxylic acids is 1. The van der Waals surface area contributed by atoms with E-state index in [0.717, 1.165) is 70.8 Å². The Morgan fingerprint density at radius 3 is 2.23 bits per heavy atom. The molecule has 4 rings (SSSR count). The molecule has 0 atom stereocenters. The molecule has 2 aliphatic heterocycles. The smallest absolute Gasteiger partial charge is 0.265 e. The molecule has 2 saturated heterocycles. The normalized spacial score (nSPS) is 24.1. The van der Waals surface area contributed by atoms with Crippen LogP contribution in [0.5, 0.6) is 0 Å². The molecule has 1 saturated carbocycles. The Morgan fingerprint density at radius 2 is 1.65 bits per heavy atom. The molecule has 3 fully saturated rings. The molecule has 26 heavy (non-hydrogen) atoms. The zero-order valence-corrected chi connectivity index (χ0v) is 15.2. The lowest BCUT2D eigenvalue weighted by atomic mass is 9.88. The summed E-state index contributed by atoms with van der Waals surface area (Å²) < 4.78 is 11.7. The van der Waals surface area contributed by atoms with E-state index in [4.69, 9.17) is 15.3 Å². The van der Waals surface area contributed by atoms with E-state index in [9.17, 15) is 4.79 Å². The highest BCUT2D eigenvalue weighted by molar-refractivity contribution is 5.94. The molecule has 0 unspecified atom stereocenters. The third-order valence-corrected chi connectivity index (χ3v) is 5.99. The number of nitrogens with one attached hydrogen (secondary N) is 1. The number of benzene rings is 1. The molecule has 3 N–H and O–H groups in total. The van der Waals surface area contributed by atoms with Gasteiger partial charge in [0.2, 0.25) is 0 Å². The second kappa shape index (κ2) is 7.52. The molecule has 3 aliphatic rings. The van der Waals surface area contributed by atoms with Crippen molar-refractivity contribution < 1.29 is 14.3 Å². The molecule has 0 aromatic heterocycles. The molecular formula is C19H28N4O3. The van der Waals surface area contributed by atoms with Crippen LogP contribution in [-0.4, -0.2) is 62.0 Å². The monoisotopic (exact) mass is 360 g/mol. The van der Waals surface area contributed by atoms with Crippen molar-refractivity contribution in [1.82, 2.24) is 10.3 Å². The van der Waals surface area contributed by atoms with Crippen molar-refractivity contribution in [1.29, 1.82) is 0 Å². The Kier molecular flexibility index (Phi) is 5.13. The van der Waals surface area contributed by atoms with Gasteiger partial charge in [0.15, 0.2) is 5.79 Å². The second-order valence-corrected chi connectivity index (χ2v) is 7.38. The Labute approximate surface area is 154 Å². The minimum Gasteiger partial charge on any atom is -0.369 e. The van der Waals surface area contributed by atoms with Gasteiger partial charge >= 0.3 is 0 Å². The highest BCUT2D eigenvalue weighted by Crippen LogP contribution is 2.37. The fraction of sp³-hybridized carbons (Fsp3) is 0.632. The second-order valence-electron chi connectivity index (χ2n) is 7.38. The number of nitrogens with zero attached hydrogens (tertiary/aromatic N) is 2. The summed E-state index contributed by atoms with van der Waals surface area (Å²) >= 11 is 0. The summed E-state index contributed by atoms with van der Waals surface area (Å²) in [5, 5.41) is 0. The van der Waals surface area contributed by atoms with E-state index < -0.39 is 0 Å². The average Bonchev–Trinajstić information content (AvgIpc) is 3.16. The molecule has 1 spiro atoms. The number of hydrogen-bond donors (Lipinski definition) is 2. The molecular weight excluding hydrogens is 332 g/mol. The first kappa shape index (κ1) is 17.7. The fourth-order valence-electron chi connectivity index (χ4n) is 4.45. The summed E-state index contributed by atoms with van der Waals surface area (Å²) in [6.45, 7) is 5.66. The van der Waals surface area contributed by atoms with Gasteiger partial charge in [-0.2, -0.15) is 0 Å². The van der Waals surface area contributed by atoms with E-state index >= 15 is 0 Å². The number of amides is 1. The van der Waals surface area contributed by atoms with Crippen molar-refractivity contribution in [3.8, 4) is 0 Å². The van der Waals surface area contributed by atoms with E-state index in [-0.39, 0.29) is 11.7 Å². The van der Waals surface area contributed by atoms with Gasteiger partial charge in [-0.1, -0.05) is 0 Å². The van der Waals surface area contributed by atoms with Crippen LogP contribution in [0.15, 0.2) is 24.3 Å². The molecule has 1 aromatic rings. The van der Waals surface area contributed by atoms with Gasteiger partial charge in [0.05, 0.1) is 13.2 Å². The predicted octanol–water partition coefficient (Wildman–Crippen LogP) is 1.10. The van der Waals surface area contributed by atoms with Crippen molar-refractivity contribution >= 4 is 11.6 Å². The molecule has 0 radical (unpaired) electrons. The van der Waals surface area contributed by atoms with Crippen LogP contribution in [0.3, 0.4) is 0 Å². The van der Waals surface area contributed by atoms with Gasteiger partial charge in [-0.15, -0.1) is 0 Å². The molecule has 2 heterocycles. The molecule has 1 aromatic carbocycles. The number of nitrogen functional groups attached to an aromatic ring is 1. The number of carbonyl (C=O) groups is 1. The van der Waals surface area contributed by atoms with Crippen molar-refractivity contribution in [2.45, 2.75) is 37.5 Å². The van der Waals surface area contributed by atoms with Crippen LogP contribution < -0.4 is 16.2 Å². The topological polar surface area (TPSA) is 80.1 Å². The first-order chi connectivity index (χ1) is 12.7. The molecule has 0 bridgehead atoms. The van der Waals surface area contributed by atoms with Gasteiger partial charge in [0, 0.05) is 56.3 Å². The van der Waals surface area contributed by atoms with Gasteiger partial charge in [-0.05, 0) is 37.1 Å². The lowest BCUT2D eigenvalue weighted by Crippen LogP contribution is -2.52. The van der Waals surface area contributed by atoms with Crippen LogP contribution in [0.4, 0.5) is 5.69 Å². The van der Waals surface area contributed by atoms with Gasteiger partial charge in [-0.3, -0.25) is 15.1 Å². The molecule has 142 valence electrons. The van der Waals surface area contributed by atoms with E-state index in [1.54, 1.807) is 0 Å². The number of rotatable bonds is 3. The zero-order chi connectivity index (χ0) is 18.0. The Hall–Kier alpha value is -1.67. The van der Waals surface area contributed by atoms with Crippen molar-refractivity contribution in [3.63, 3.8) is 0 Å². The number of piperazine rings is 1. The zero-order valence-electron chi connectivity index (χ0n) is 15.2. The van der Waals surface area contributed by atoms with Gasteiger partial charge in [0.25, 0.3) is 5.91 Å². The quantitative estimate of drug-likeness (QED) is 0.477. The summed E-state index contributed by atoms with van der Waals surface area (Å²) in [5.74, 6) is 4.65. The maximum Gasteiger partial charge on any atom is 0.265 e. The summed E-state index contributed by atoms with van der Waals surface area (Å²) in [5.41, 5.74) is 3.91. The van der Waals surface area contributed by atoms with Crippen LogP contribution in [0.25, 0.3) is 0 Å². The van der Waals surface area contributed by atoms with Crippen LogP contribution >= 0.6 is 0 Å². The molecule has 1 aliphatic carbocycles. The van der Waals surface area contributed by atoms with Crippen LogP contribution in [0, 0.1) is 0 Å². The third-order valence-electron chi connectivity index (χ3n) is 5.99. The number of nitrogens with two attached hydrogens (primary N) is 1. The predicted molar refractivity (Wildman–Crippen MR) is 98.8 cm³/mol. The van der Waals surface area contributed by atoms with Gasteiger partial charge in [0.1, 0.15) is 0 Å². The average molecular weight is 360 g/mol. The summed E-state index contributed by atoms with van der Waals surface area (Å²) in [6.07, 6.45) is 4.34. The maximum absolute atomic E-state index is 11.5. The van der Waals surface area contributed by atoms with Crippen molar-refractivity contribution in [3.05, 3.63) is 29.8 Å². The van der Waals surface area contributed by atoms with E-state index in [1.807, 2.05) is 24.3 Å². The summed E-state index contributed by atoms with van der Waals surface area (Å²) in [7, 11) is 0. The lowest BCUT2D eigenvalue weighted by Gasteiger charge is -2.44. The number of hydrazine groups is 1. The van der Waals surface area contributed by atoms with Crippen molar-refractivity contribution in [2.75, 3.05) is 44.3 Å². The number of anilines is 1. The third kappa shape index (κ3) is 3.57. The first-order valence-electron chi connectivity index (χ1n) is 9.57. The lowest BCUT2D eigenvalue weighted by molar-refractivity contribution is -0.184. The molecule has 1 amide bonds. The number of ether oxygens (including phenoxy) is 2. The SMILES string of the molecule is NNC(=O)c1ccc(N2CCN(C3CCC4(CC3)OCCO4)CC2)cc1.